The summed E-state index contributed by atoms with van der Waals surface area (Å²) in [7, 11) is 0. The van der Waals surface area contributed by atoms with Crippen LogP contribution in [0.1, 0.15) is 54.7 Å². The number of nitrogens with zero attached hydrogens (tertiary/aromatic N) is 1. The fourth-order valence-electron chi connectivity index (χ4n) is 4.54. The SMILES string of the molecule is C=C(C)[C@@H](O)[C@@H](C)C(=O)O[C@H](c1ccccc1)[C@H](C)N(Cc1ccccc1)S(=O)Oc1c(C)cc(C)cc1C. The highest BCUT2D eigenvalue weighted by Crippen LogP contribution is 2.31. The molecule has 3 rings (SSSR count). The third-order valence-electron chi connectivity index (χ3n) is 6.75. The van der Waals surface area contributed by atoms with E-state index in [1.54, 1.807) is 18.2 Å². The van der Waals surface area contributed by atoms with Gasteiger partial charge in [0.1, 0.15) is 11.9 Å². The van der Waals surface area contributed by atoms with Crippen LogP contribution in [-0.2, 0) is 27.3 Å². The van der Waals surface area contributed by atoms with Gasteiger partial charge in [0.15, 0.2) is 0 Å². The molecule has 3 aromatic rings. The van der Waals surface area contributed by atoms with Crippen LogP contribution in [0.3, 0.4) is 0 Å². The Balaban J connectivity index is 2.00. The molecule has 6 nitrogen and oxygen atoms in total. The molecule has 0 spiro atoms. The molecule has 0 radical (unpaired) electrons. The van der Waals surface area contributed by atoms with Crippen molar-refractivity contribution in [3.63, 3.8) is 0 Å². The molecule has 3 aromatic carbocycles. The van der Waals surface area contributed by atoms with E-state index in [2.05, 4.69) is 6.58 Å². The van der Waals surface area contributed by atoms with E-state index < -0.39 is 41.4 Å². The number of rotatable bonds is 12. The van der Waals surface area contributed by atoms with Crippen LogP contribution in [0.2, 0.25) is 0 Å². The van der Waals surface area contributed by atoms with Crippen LogP contribution in [-0.4, -0.2) is 31.7 Å². The molecule has 0 bridgehead atoms. The Hall–Kier alpha value is -3.26. The Bertz CT molecular complexity index is 1270. The lowest BCUT2D eigenvalue weighted by Gasteiger charge is -2.34. The maximum absolute atomic E-state index is 13.9. The molecule has 0 aliphatic rings. The quantitative estimate of drug-likeness (QED) is 0.211. The summed E-state index contributed by atoms with van der Waals surface area (Å²) in [5.74, 6) is -0.818. The van der Waals surface area contributed by atoms with Gasteiger partial charge in [-0.2, -0.15) is 8.51 Å². The summed E-state index contributed by atoms with van der Waals surface area (Å²) < 4.78 is 27.8. The van der Waals surface area contributed by atoms with Crippen molar-refractivity contribution in [3.8, 4) is 5.75 Å². The molecule has 1 unspecified atom stereocenters. The zero-order chi connectivity index (χ0) is 28.7. The van der Waals surface area contributed by atoms with Gasteiger partial charge in [-0.1, -0.05) is 90.5 Å². The summed E-state index contributed by atoms with van der Waals surface area (Å²) in [4.78, 5) is 13.2. The van der Waals surface area contributed by atoms with Crippen LogP contribution in [0.4, 0.5) is 0 Å². The number of benzene rings is 3. The van der Waals surface area contributed by atoms with E-state index in [-0.39, 0.29) is 0 Å². The van der Waals surface area contributed by atoms with Gasteiger partial charge in [-0.3, -0.25) is 4.79 Å². The minimum absolute atomic E-state index is 0.295. The number of ether oxygens (including phenoxy) is 1. The average molecular weight is 550 g/mol. The third-order valence-corrected chi connectivity index (χ3v) is 7.90. The van der Waals surface area contributed by atoms with E-state index in [0.29, 0.717) is 17.9 Å². The molecule has 0 heterocycles. The van der Waals surface area contributed by atoms with Crippen molar-refractivity contribution in [2.45, 2.75) is 66.3 Å². The summed E-state index contributed by atoms with van der Waals surface area (Å²) >= 11 is -1.92. The molecule has 0 fully saturated rings. The molecule has 7 heteroatoms. The molecule has 208 valence electrons. The van der Waals surface area contributed by atoms with E-state index in [1.807, 2.05) is 100 Å². The lowest BCUT2D eigenvalue weighted by atomic mass is 9.98. The zero-order valence-corrected chi connectivity index (χ0v) is 24.4. The largest absolute Gasteiger partial charge is 0.455 e. The first-order valence-electron chi connectivity index (χ1n) is 13.1. The molecule has 0 amide bonds. The molecule has 5 atom stereocenters. The van der Waals surface area contributed by atoms with Gasteiger partial charge >= 0.3 is 5.97 Å². The first-order valence-corrected chi connectivity index (χ1v) is 14.1. The maximum Gasteiger partial charge on any atom is 0.312 e. The van der Waals surface area contributed by atoms with Crippen molar-refractivity contribution < 1.29 is 23.0 Å². The number of carbonyl (C=O) groups is 1. The molecule has 39 heavy (non-hydrogen) atoms. The predicted octanol–water partition coefficient (Wildman–Crippen LogP) is 6.32. The summed E-state index contributed by atoms with van der Waals surface area (Å²) in [6, 6.07) is 22.4. The molecule has 0 saturated carbocycles. The Labute approximate surface area is 235 Å². The number of esters is 1. The van der Waals surface area contributed by atoms with E-state index >= 15 is 0 Å². The minimum Gasteiger partial charge on any atom is -0.455 e. The first-order chi connectivity index (χ1) is 18.5. The van der Waals surface area contributed by atoms with Crippen molar-refractivity contribution in [2.75, 3.05) is 0 Å². The van der Waals surface area contributed by atoms with Crippen molar-refractivity contribution in [1.29, 1.82) is 0 Å². The molecule has 0 aliphatic carbocycles. The molecular weight excluding hydrogens is 510 g/mol. The highest BCUT2D eigenvalue weighted by molar-refractivity contribution is 7.78. The lowest BCUT2D eigenvalue weighted by molar-refractivity contribution is -0.159. The highest BCUT2D eigenvalue weighted by Gasteiger charge is 2.35. The second-order valence-corrected chi connectivity index (χ2v) is 11.2. The van der Waals surface area contributed by atoms with E-state index in [9.17, 15) is 14.1 Å². The van der Waals surface area contributed by atoms with Crippen molar-refractivity contribution in [2.24, 2.45) is 5.92 Å². The van der Waals surface area contributed by atoms with Crippen LogP contribution in [0.15, 0.2) is 84.9 Å². The summed E-state index contributed by atoms with van der Waals surface area (Å²) in [6.07, 6.45) is -1.82. The van der Waals surface area contributed by atoms with Gasteiger partial charge in [0.2, 0.25) is 0 Å². The number of aliphatic hydroxyl groups is 1. The first kappa shape index (κ1) is 30.3. The van der Waals surface area contributed by atoms with Crippen LogP contribution in [0, 0.1) is 26.7 Å². The minimum atomic E-state index is -1.92. The van der Waals surface area contributed by atoms with Gasteiger partial charge in [0, 0.05) is 6.54 Å². The predicted molar refractivity (Wildman–Crippen MR) is 156 cm³/mol. The highest BCUT2D eigenvalue weighted by atomic mass is 32.2. The normalized spacial score (nSPS) is 15.2. The number of hydrogen-bond acceptors (Lipinski definition) is 5. The third kappa shape index (κ3) is 7.88. The standard InChI is InChI=1S/C32H39NO5S/c1-21(2)29(34)25(6)32(35)37-31(28-16-12-9-13-17-28)26(7)33(20-27-14-10-8-11-15-27)39(36)38-30-23(4)18-22(3)19-24(30)5/h8-19,25-26,29,31,34H,1,20H2,2-7H3/t25-,26+,29-,31+,39?/m1/s1. The summed E-state index contributed by atoms with van der Waals surface area (Å²) in [5, 5.41) is 10.4. The fraction of sp³-hybridized carbons (Fsp3) is 0.344. The van der Waals surface area contributed by atoms with Gasteiger partial charge in [-0.25, -0.2) is 0 Å². The second-order valence-electron chi connectivity index (χ2n) is 10.2. The Morgan fingerprint density at radius 2 is 1.51 bits per heavy atom. The summed E-state index contributed by atoms with van der Waals surface area (Å²) in [6.45, 7) is 15.1. The van der Waals surface area contributed by atoms with Gasteiger partial charge in [0.05, 0.1) is 18.1 Å². The lowest BCUT2D eigenvalue weighted by Crippen LogP contribution is -2.42. The smallest absolute Gasteiger partial charge is 0.312 e. The van der Waals surface area contributed by atoms with Crippen molar-refractivity contribution in [1.82, 2.24) is 4.31 Å². The van der Waals surface area contributed by atoms with Crippen molar-refractivity contribution >= 4 is 17.2 Å². The molecule has 0 aliphatic heterocycles. The van der Waals surface area contributed by atoms with Crippen LogP contribution in [0.5, 0.6) is 5.75 Å². The fourth-order valence-corrected chi connectivity index (χ4v) is 5.68. The Morgan fingerprint density at radius 3 is 2.05 bits per heavy atom. The number of hydrogen-bond donors (Lipinski definition) is 1. The Kier molecular flexibility index (Phi) is 10.6. The van der Waals surface area contributed by atoms with E-state index in [1.165, 1.54) is 0 Å². The monoisotopic (exact) mass is 549 g/mol. The topological polar surface area (TPSA) is 76.1 Å². The van der Waals surface area contributed by atoms with Crippen molar-refractivity contribution in [3.05, 3.63) is 113 Å². The van der Waals surface area contributed by atoms with Gasteiger partial charge in [0.25, 0.3) is 11.3 Å². The van der Waals surface area contributed by atoms with Crippen LogP contribution >= 0.6 is 0 Å². The number of aryl methyl sites for hydroxylation is 3. The number of aliphatic hydroxyl groups excluding tert-OH is 1. The Morgan fingerprint density at radius 1 is 0.974 bits per heavy atom. The number of carbonyl (C=O) groups excluding carboxylic acids is 1. The van der Waals surface area contributed by atoms with Gasteiger partial charge < -0.3 is 14.0 Å². The van der Waals surface area contributed by atoms with E-state index in [4.69, 9.17) is 8.92 Å². The maximum atomic E-state index is 13.9. The molecular formula is C32H39NO5S. The van der Waals surface area contributed by atoms with Gasteiger partial charge in [-0.05, 0) is 63.8 Å². The van der Waals surface area contributed by atoms with Crippen LogP contribution < -0.4 is 4.18 Å². The molecule has 1 N–H and O–H groups in total. The van der Waals surface area contributed by atoms with E-state index in [0.717, 1.165) is 27.8 Å². The van der Waals surface area contributed by atoms with Gasteiger partial charge in [-0.15, -0.1) is 0 Å². The average Bonchev–Trinajstić information content (AvgIpc) is 2.91. The molecule has 0 saturated heterocycles. The molecule has 0 aromatic heterocycles. The zero-order valence-electron chi connectivity index (χ0n) is 23.6. The second kappa shape index (κ2) is 13.7. The van der Waals surface area contributed by atoms with Crippen LogP contribution in [0.25, 0.3) is 0 Å². The summed E-state index contributed by atoms with van der Waals surface area (Å²) in [5.41, 5.74) is 5.03.